The third-order valence-corrected chi connectivity index (χ3v) is 4.03. The van der Waals surface area contributed by atoms with Crippen molar-refractivity contribution in [3.63, 3.8) is 0 Å². The van der Waals surface area contributed by atoms with Crippen molar-refractivity contribution in [3.05, 3.63) is 39.9 Å². The van der Waals surface area contributed by atoms with E-state index in [4.69, 9.17) is 32.7 Å². The molecule has 2 rings (SSSR count). The molecule has 7 heteroatoms. The molecule has 0 unspecified atom stereocenters. The van der Waals surface area contributed by atoms with Gasteiger partial charge in [0.25, 0.3) is 5.91 Å². The summed E-state index contributed by atoms with van der Waals surface area (Å²) in [6, 6.07) is 4.94. The molecule has 130 valence electrons. The second kappa shape index (κ2) is 8.51. The molecule has 1 aromatic carbocycles. The van der Waals surface area contributed by atoms with Crippen LogP contribution in [0.2, 0.25) is 10.0 Å². The molecular formula is C17H19Cl2NO4. The summed E-state index contributed by atoms with van der Waals surface area (Å²) < 4.78 is 10.6. The van der Waals surface area contributed by atoms with Crippen LogP contribution >= 0.6 is 23.2 Å². The summed E-state index contributed by atoms with van der Waals surface area (Å²) in [7, 11) is 0. The van der Waals surface area contributed by atoms with Crippen molar-refractivity contribution >= 4 is 41.2 Å². The van der Waals surface area contributed by atoms with Crippen LogP contribution in [0.1, 0.15) is 19.4 Å². The Balaban J connectivity index is 1.84. The highest BCUT2D eigenvalue weighted by Gasteiger charge is 2.26. The normalized spacial score (nSPS) is 21.1. The number of rotatable bonds is 4. The minimum Gasteiger partial charge on any atom is -0.452 e. The molecule has 0 aliphatic carbocycles. The number of hydrogen-bond donors (Lipinski definition) is 0. The molecule has 0 N–H and O–H groups in total. The number of ether oxygens (including phenoxy) is 2. The lowest BCUT2D eigenvalue weighted by Gasteiger charge is -2.35. The average molecular weight is 372 g/mol. The van der Waals surface area contributed by atoms with Crippen LogP contribution in [0.3, 0.4) is 0 Å². The summed E-state index contributed by atoms with van der Waals surface area (Å²) in [6.07, 6.45) is 2.69. The lowest BCUT2D eigenvalue weighted by molar-refractivity contribution is -0.154. The van der Waals surface area contributed by atoms with E-state index in [1.165, 1.54) is 12.2 Å². The lowest BCUT2D eigenvalue weighted by Crippen LogP contribution is -2.49. The predicted molar refractivity (Wildman–Crippen MR) is 93.0 cm³/mol. The van der Waals surface area contributed by atoms with Gasteiger partial charge in [0.05, 0.1) is 12.2 Å². The molecule has 1 aromatic rings. The molecule has 1 heterocycles. The molecule has 2 atom stereocenters. The van der Waals surface area contributed by atoms with E-state index in [0.29, 0.717) is 28.7 Å². The summed E-state index contributed by atoms with van der Waals surface area (Å²) >= 11 is 11.8. The zero-order chi connectivity index (χ0) is 17.7. The molecule has 0 aromatic heterocycles. The fourth-order valence-corrected chi connectivity index (χ4v) is 2.92. The van der Waals surface area contributed by atoms with Crippen LogP contribution in [0.5, 0.6) is 0 Å². The van der Waals surface area contributed by atoms with Crippen LogP contribution in [0, 0.1) is 0 Å². The standard InChI is InChI=1S/C17H19Cl2NO4/c1-11-8-20(9-12(2)24-11)16(21)10-23-17(22)6-4-13-3-5-14(18)7-15(13)19/h3-7,11-12H,8-10H2,1-2H3/b6-4+/t11-,12+. The maximum atomic E-state index is 12.1. The first-order chi connectivity index (χ1) is 11.3. The van der Waals surface area contributed by atoms with Crippen LogP contribution < -0.4 is 0 Å². The Morgan fingerprint density at radius 3 is 2.58 bits per heavy atom. The first-order valence-electron chi connectivity index (χ1n) is 7.58. The fraction of sp³-hybridized carbons (Fsp3) is 0.412. The molecule has 1 aliphatic rings. The molecular weight excluding hydrogens is 353 g/mol. The van der Waals surface area contributed by atoms with Gasteiger partial charge >= 0.3 is 5.97 Å². The van der Waals surface area contributed by atoms with Gasteiger partial charge < -0.3 is 14.4 Å². The number of amides is 1. The monoisotopic (exact) mass is 371 g/mol. The zero-order valence-electron chi connectivity index (χ0n) is 13.5. The van der Waals surface area contributed by atoms with Crippen molar-refractivity contribution in [2.45, 2.75) is 26.1 Å². The van der Waals surface area contributed by atoms with E-state index >= 15 is 0 Å². The maximum Gasteiger partial charge on any atom is 0.331 e. The van der Waals surface area contributed by atoms with E-state index in [0.717, 1.165) is 0 Å². The van der Waals surface area contributed by atoms with Crippen molar-refractivity contribution in [2.75, 3.05) is 19.7 Å². The van der Waals surface area contributed by atoms with Gasteiger partial charge in [0.1, 0.15) is 0 Å². The Kier molecular flexibility index (Phi) is 6.66. The molecule has 0 bridgehead atoms. The molecule has 1 fully saturated rings. The molecule has 1 amide bonds. The maximum absolute atomic E-state index is 12.1. The van der Waals surface area contributed by atoms with E-state index in [1.807, 2.05) is 13.8 Å². The molecule has 5 nitrogen and oxygen atoms in total. The zero-order valence-corrected chi connectivity index (χ0v) is 15.0. The minimum atomic E-state index is -0.608. The van der Waals surface area contributed by atoms with Gasteiger partial charge in [0, 0.05) is 29.2 Å². The van der Waals surface area contributed by atoms with Gasteiger partial charge in [-0.15, -0.1) is 0 Å². The van der Waals surface area contributed by atoms with Gasteiger partial charge in [-0.1, -0.05) is 29.3 Å². The van der Waals surface area contributed by atoms with Gasteiger partial charge in [0.2, 0.25) is 0 Å². The number of morpholine rings is 1. The van der Waals surface area contributed by atoms with Crippen LogP contribution in [0.15, 0.2) is 24.3 Å². The molecule has 1 saturated heterocycles. The number of benzene rings is 1. The van der Waals surface area contributed by atoms with E-state index in [9.17, 15) is 9.59 Å². The highest BCUT2D eigenvalue weighted by atomic mass is 35.5. The third kappa shape index (κ3) is 5.51. The number of hydrogen-bond acceptors (Lipinski definition) is 4. The van der Waals surface area contributed by atoms with Gasteiger partial charge in [0.15, 0.2) is 6.61 Å². The van der Waals surface area contributed by atoms with Gasteiger partial charge in [-0.05, 0) is 37.6 Å². The van der Waals surface area contributed by atoms with Crippen molar-refractivity contribution in [3.8, 4) is 0 Å². The lowest BCUT2D eigenvalue weighted by atomic mass is 10.2. The Bertz CT molecular complexity index is 637. The molecule has 0 saturated carbocycles. The molecule has 0 radical (unpaired) electrons. The Morgan fingerprint density at radius 1 is 1.29 bits per heavy atom. The minimum absolute atomic E-state index is 0.0275. The molecule has 24 heavy (non-hydrogen) atoms. The van der Waals surface area contributed by atoms with E-state index in [2.05, 4.69) is 0 Å². The SMILES string of the molecule is C[C@@H]1CN(C(=O)COC(=O)/C=C/c2ccc(Cl)cc2Cl)C[C@H](C)O1. The van der Waals surface area contributed by atoms with Crippen molar-refractivity contribution in [1.82, 2.24) is 4.90 Å². The summed E-state index contributed by atoms with van der Waals surface area (Å²) in [5.41, 5.74) is 0.639. The first kappa shape index (κ1) is 18.8. The highest BCUT2D eigenvalue weighted by molar-refractivity contribution is 6.35. The molecule has 0 spiro atoms. The summed E-state index contributed by atoms with van der Waals surface area (Å²) in [6.45, 7) is 4.51. The average Bonchev–Trinajstić information content (AvgIpc) is 2.50. The fourth-order valence-electron chi connectivity index (χ4n) is 2.45. The topological polar surface area (TPSA) is 55.8 Å². The highest BCUT2D eigenvalue weighted by Crippen LogP contribution is 2.22. The van der Waals surface area contributed by atoms with Gasteiger partial charge in [-0.25, -0.2) is 4.79 Å². The van der Waals surface area contributed by atoms with Crippen LogP contribution in [-0.4, -0.2) is 48.7 Å². The second-order valence-corrected chi connectivity index (χ2v) is 6.51. The van der Waals surface area contributed by atoms with Crippen molar-refractivity contribution < 1.29 is 19.1 Å². The number of carbonyl (C=O) groups is 2. The summed E-state index contributed by atoms with van der Waals surface area (Å²) in [5.74, 6) is -0.841. The largest absolute Gasteiger partial charge is 0.452 e. The first-order valence-corrected chi connectivity index (χ1v) is 8.34. The Labute approximate surface area is 151 Å². The third-order valence-electron chi connectivity index (χ3n) is 3.47. The predicted octanol–water partition coefficient (Wildman–Crippen LogP) is 3.19. The van der Waals surface area contributed by atoms with Crippen LogP contribution in [0.4, 0.5) is 0 Å². The van der Waals surface area contributed by atoms with Crippen molar-refractivity contribution in [1.29, 1.82) is 0 Å². The van der Waals surface area contributed by atoms with Crippen molar-refractivity contribution in [2.24, 2.45) is 0 Å². The number of nitrogens with zero attached hydrogens (tertiary/aromatic N) is 1. The van der Waals surface area contributed by atoms with Crippen LogP contribution in [-0.2, 0) is 19.1 Å². The number of esters is 1. The van der Waals surface area contributed by atoms with E-state index in [1.54, 1.807) is 23.1 Å². The number of halogens is 2. The van der Waals surface area contributed by atoms with E-state index in [-0.39, 0.29) is 24.7 Å². The van der Waals surface area contributed by atoms with E-state index < -0.39 is 5.97 Å². The summed E-state index contributed by atoms with van der Waals surface area (Å²) in [5, 5.41) is 0.943. The second-order valence-electron chi connectivity index (χ2n) is 5.66. The van der Waals surface area contributed by atoms with Crippen LogP contribution in [0.25, 0.3) is 6.08 Å². The van der Waals surface area contributed by atoms with Gasteiger partial charge in [-0.2, -0.15) is 0 Å². The number of carbonyl (C=O) groups excluding carboxylic acids is 2. The Hall–Kier alpha value is -1.56. The Morgan fingerprint density at radius 2 is 1.96 bits per heavy atom. The summed E-state index contributed by atoms with van der Waals surface area (Å²) in [4.78, 5) is 25.5. The quantitative estimate of drug-likeness (QED) is 0.602. The van der Waals surface area contributed by atoms with Gasteiger partial charge in [-0.3, -0.25) is 4.79 Å². The smallest absolute Gasteiger partial charge is 0.331 e. The molecule has 1 aliphatic heterocycles.